The fraction of sp³-hybridized carbons (Fsp3) is 0.227. The number of carbonyl (C=O) groups excluding carboxylic acids is 2. The van der Waals surface area contributed by atoms with Crippen LogP contribution in [0.2, 0.25) is 0 Å². The number of nitrogens with zero attached hydrogens (tertiary/aromatic N) is 1. The number of fused-ring (bicyclic) bond motifs is 1. The van der Waals surface area contributed by atoms with Crippen LogP contribution in [-0.4, -0.2) is 34.8 Å². The summed E-state index contributed by atoms with van der Waals surface area (Å²) in [7, 11) is 0. The number of para-hydroxylation sites is 2. The number of piperidine rings is 1. The summed E-state index contributed by atoms with van der Waals surface area (Å²) in [5.41, 5.74) is 1.54. The fourth-order valence-corrected chi connectivity index (χ4v) is 3.66. The van der Waals surface area contributed by atoms with Crippen LogP contribution in [0.5, 0.6) is 0 Å². The van der Waals surface area contributed by atoms with Crippen molar-refractivity contribution >= 4 is 28.4 Å². The van der Waals surface area contributed by atoms with E-state index >= 15 is 0 Å². The molecule has 0 saturated carbocycles. The maximum Gasteiger partial charge on any atom is 0.254 e. The number of aromatic nitrogens is 1. The summed E-state index contributed by atoms with van der Waals surface area (Å²) in [6, 6.07) is 18.0. The molecule has 0 radical (unpaired) electrons. The molecule has 3 aromatic rings. The predicted octanol–water partition coefficient (Wildman–Crippen LogP) is 3.02. The van der Waals surface area contributed by atoms with E-state index in [-0.39, 0.29) is 23.3 Å². The van der Waals surface area contributed by atoms with Crippen molar-refractivity contribution in [2.45, 2.75) is 12.8 Å². The van der Waals surface area contributed by atoms with E-state index in [0.29, 0.717) is 37.0 Å². The Balaban J connectivity index is 1.45. The highest BCUT2D eigenvalue weighted by molar-refractivity contribution is 6.06. The lowest BCUT2D eigenvalue weighted by molar-refractivity contribution is -0.121. The third kappa shape index (κ3) is 3.67. The second-order valence-electron chi connectivity index (χ2n) is 7.01. The number of pyridine rings is 1. The maximum atomic E-state index is 13.0. The highest BCUT2D eigenvalue weighted by atomic mass is 16.2. The van der Waals surface area contributed by atoms with Crippen LogP contribution >= 0.6 is 0 Å². The molecule has 4 rings (SSSR count). The number of rotatable bonds is 3. The number of hydrogen-bond acceptors (Lipinski definition) is 3. The molecule has 1 fully saturated rings. The molecule has 1 aromatic heterocycles. The Morgan fingerprint density at radius 3 is 2.39 bits per heavy atom. The first-order valence-corrected chi connectivity index (χ1v) is 9.39. The van der Waals surface area contributed by atoms with Crippen LogP contribution in [-0.2, 0) is 4.79 Å². The van der Waals surface area contributed by atoms with E-state index in [1.165, 1.54) is 6.07 Å². The molecule has 1 saturated heterocycles. The smallest absolute Gasteiger partial charge is 0.254 e. The van der Waals surface area contributed by atoms with Gasteiger partial charge in [0.25, 0.3) is 5.91 Å². The first kappa shape index (κ1) is 18.0. The standard InChI is InChI=1S/C22H21N3O3/c26-20-14-18(17-8-4-5-9-19(17)24-20)22(28)25-12-10-15(11-13-25)21(27)23-16-6-2-1-3-7-16/h1-9,14-15H,10-13H2,(H,23,27)(H,24,26). The Morgan fingerprint density at radius 1 is 0.964 bits per heavy atom. The number of H-pyrrole nitrogens is 1. The van der Waals surface area contributed by atoms with Gasteiger partial charge in [-0.25, -0.2) is 0 Å². The van der Waals surface area contributed by atoms with Gasteiger partial charge in [-0.05, 0) is 31.0 Å². The number of anilines is 1. The molecule has 2 aromatic carbocycles. The monoisotopic (exact) mass is 375 g/mol. The highest BCUT2D eigenvalue weighted by Crippen LogP contribution is 2.23. The Kier molecular flexibility index (Phi) is 4.93. The normalized spacial score (nSPS) is 14.8. The minimum Gasteiger partial charge on any atom is -0.339 e. The Labute approximate surface area is 162 Å². The van der Waals surface area contributed by atoms with Crippen molar-refractivity contribution in [2.75, 3.05) is 18.4 Å². The van der Waals surface area contributed by atoms with Crippen LogP contribution in [0.4, 0.5) is 5.69 Å². The molecule has 2 N–H and O–H groups in total. The molecule has 1 aliphatic heterocycles. The Bertz CT molecular complexity index is 1070. The number of amides is 2. The first-order valence-electron chi connectivity index (χ1n) is 9.39. The summed E-state index contributed by atoms with van der Waals surface area (Å²) >= 11 is 0. The van der Waals surface area contributed by atoms with Gasteiger partial charge in [-0.1, -0.05) is 36.4 Å². The third-order valence-corrected chi connectivity index (χ3v) is 5.18. The lowest BCUT2D eigenvalue weighted by Crippen LogP contribution is -2.41. The summed E-state index contributed by atoms with van der Waals surface area (Å²) in [6.45, 7) is 0.986. The zero-order valence-corrected chi connectivity index (χ0v) is 15.4. The van der Waals surface area contributed by atoms with Gasteiger partial charge in [-0.3, -0.25) is 14.4 Å². The lowest BCUT2D eigenvalue weighted by Gasteiger charge is -2.31. The van der Waals surface area contributed by atoms with Crippen LogP contribution in [0.3, 0.4) is 0 Å². The molecule has 142 valence electrons. The molecule has 1 aliphatic rings. The van der Waals surface area contributed by atoms with Gasteiger partial charge in [0, 0.05) is 41.7 Å². The maximum absolute atomic E-state index is 13.0. The van der Waals surface area contributed by atoms with Crippen molar-refractivity contribution in [1.29, 1.82) is 0 Å². The molecular formula is C22H21N3O3. The number of hydrogen-bond donors (Lipinski definition) is 2. The van der Waals surface area contributed by atoms with E-state index in [1.807, 2.05) is 48.5 Å². The van der Waals surface area contributed by atoms with Gasteiger partial charge in [0.1, 0.15) is 0 Å². The molecular weight excluding hydrogens is 354 g/mol. The molecule has 6 heteroatoms. The summed E-state index contributed by atoms with van der Waals surface area (Å²) in [5.74, 6) is -0.302. The molecule has 2 heterocycles. The van der Waals surface area contributed by atoms with Crippen molar-refractivity contribution in [3.05, 3.63) is 76.6 Å². The van der Waals surface area contributed by atoms with Gasteiger partial charge in [0.15, 0.2) is 0 Å². The third-order valence-electron chi connectivity index (χ3n) is 5.18. The quantitative estimate of drug-likeness (QED) is 0.738. The van der Waals surface area contributed by atoms with Crippen molar-refractivity contribution in [3.63, 3.8) is 0 Å². The molecule has 0 atom stereocenters. The number of likely N-dealkylation sites (tertiary alicyclic amines) is 1. The molecule has 2 amide bonds. The van der Waals surface area contributed by atoms with E-state index < -0.39 is 0 Å². The molecule has 0 aliphatic carbocycles. The van der Waals surface area contributed by atoms with Crippen LogP contribution < -0.4 is 10.9 Å². The van der Waals surface area contributed by atoms with Gasteiger partial charge >= 0.3 is 0 Å². The number of benzene rings is 2. The average Bonchev–Trinajstić information content (AvgIpc) is 2.73. The lowest BCUT2D eigenvalue weighted by atomic mass is 9.95. The largest absolute Gasteiger partial charge is 0.339 e. The van der Waals surface area contributed by atoms with Crippen LogP contribution in [0, 0.1) is 5.92 Å². The summed E-state index contributed by atoms with van der Waals surface area (Å²) in [4.78, 5) is 41.9. The second kappa shape index (κ2) is 7.68. The van der Waals surface area contributed by atoms with Crippen molar-refractivity contribution in [2.24, 2.45) is 5.92 Å². The van der Waals surface area contributed by atoms with E-state index in [4.69, 9.17) is 0 Å². The number of aromatic amines is 1. The SMILES string of the molecule is O=C(Nc1ccccc1)C1CCN(C(=O)c2cc(=O)[nH]c3ccccc23)CC1. The van der Waals surface area contributed by atoms with E-state index in [0.717, 1.165) is 11.1 Å². The van der Waals surface area contributed by atoms with Gasteiger partial charge in [-0.2, -0.15) is 0 Å². The summed E-state index contributed by atoms with van der Waals surface area (Å²) < 4.78 is 0. The Morgan fingerprint density at radius 2 is 1.64 bits per heavy atom. The van der Waals surface area contributed by atoms with Gasteiger partial charge < -0.3 is 15.2 Å². The zero-order chi connectivity index (χ0) is 19.5. The highest BCUT2D eigenvalue weighted by Gasteiger charge is 2.28. The molecule has 28 heavy (non-hydrogen) atoms. The number of carbonyl (C=O) groups is 2. The van der Waals surface area contributed by atoms with E-state index in [1.54, 1.807) is 11.0 Å². The molecule has 0 spiro atoms. The van der Waals surface area contributed by atoms with Gasteiger partial charge in [0.2, 0.25) is 11.5 Å². The first-order chi connectivity index (χ1) is 13.6. The molecule has 6 nitrogen and oxygen atoms in total. The van der Waals surface area contributed by atoms with Crippen LogP contribution in [0.1, 0.15) is 23.2 Å². The predicted molar refractivity (Wildman–Crippen MR) is 108 cm³/mol. The minimum atomic E-state index is -0.292. The zero-order valence-electron chi connectivity index (χ0n) is 15.4. The summed E-state index contributed by atoms with van der Waals surface area (Å²) in [6.07, 6.45) is 1.21. The van der Waals surface area contributed by atoms with Crippen molar-refractivity contribution < 1.29 is 9.59 Å². The van der Waals surface area contributed by atoms with E-state index in [2.05, 4.69) is 10.3 Å². The molecule has 0 unspecified atom stereocenters. The second-order valence-corrected chi connectivity index (χ2v) is 7.01. The Hall–Kier alpha value is -3.41. The fourth-order valence-electron chi connectivity index (χ4n) is 3.66. The van der Waals surface area contributed by atoms with Crippen molar-refractivity contribution in [1.82, 2.24) is 9.88 Å². The minimum absolute atomic E-state index is 0.0140. The van der Waals surface area contributed by atoms with Crippen LogP contribution in [0.15, 0.2) is 65.5 Å². The van der Waals surface area contributed by atoms with Crippen molar-refractivity contribution in [3.8, 4) is 0 Å². The average molecular weight is 375 g/mol. The molecule has 0 bridgehead atoms. The number of nitrogens with one attached hydrogen (secondary N) is 2. The van der Waals surface area contributed by atoms with Gasteiger partial charge in [0.05, 0.1) is 5.56 Å². The topological polar surface area (TPSA) is 82.3 Å². The van der Waals surface area contributed by atoms with Gasteiger partial charge in [-0.15, -0.1) is 0 Å². The van der Waals surface area contributed by atoms with E-state index in [9.17, 15) is 14.4 Å². The summed E-state index contributed by atoms with van der Waals surface area (Å²) in [5, 5.41) is 3.66. The van der Waals surface area contributed by atoms with Crippen LogP contribution in [0.25, 0.3) is 10.9 Å².